The number of halogens is 1. The Morgan fingerprint density at radius 3 is 2.51 bits per heavy atom. The van der Waals surface area contributed by atoms with Crippen LogP contribution in [0.1, 0.15) is 59.7 Å². The molecule has 2 aromatic rings. The number of hydrogen-bond donors (Lipinski definition) is 1. The van der Waals surface area contributed by atoms with Crippen LogP contribution in [0.2, 0.25) is 0 Å². The molecule has 1 aromatic heterocycles. The number of ether oxygens (including phenoxy) is 1. The number of amides is 3. The Bertz CT molecular complexity index is 1160. The van der Waals surface area contributed by atoms with Crippen LogP contribution in [-0.2, 0) is 27.4 Å². The second-order valence-electron chi connectivity index (χ2n) is 9.39. The smallest absolute Gasteiger partial charge is 0.309 e. The van der Waals surface area contributed by atoms with E-state index >= 15 is 0 Å². The maximum Gasteiger partial charge on any atom is 0.309 e. The Balaban J connectivity index is 1.35. The molecular weight excluding hydrogens is 481 g/mol. The van der Waals surface area contributed by atoms with Crippen molar-refractivity contribution < 1.29 is 28.3 Å². The fraction of sp³-hybridized carbons (Fsp3) is 0.500. The summed E-state index contributed by atoms with van der Waals surface area (Å²) in [5.41, 5.74) is 1.16. The van der Waals surface area contributed by atoms with E-state index < -0.39 is 11.9 Å². The van der Waals surface area contributed by atoms with Gasteiger partial charge in [0.15, 0.2) is 5.69 Å². The summed E-state index contributed by atoms with van der Waals surface area (Å²) in [6, 6.07) is 6.65. The fourth-order valence-corrected chi connectivity index (χ4v) is 4.71. The van der Waals surface area contributed by atoms with Crippen LogP contribution in [-0.4, -0.2) is 75.6 Å². The monoisotopic (exact) mass is 513 g/mol. The number of aromatic nitrogens is 2. The Labute approximate surface area is 214 Å². The van der Waals surface area contributed by atoms with Gasteiger partial charge in [0.2, 0.25) is 5.91 Å². The molecule has 1 saturated heterocycles. The summed E-state index contributed by atoms with van der Waals surface area (Å²) in [7, 11) is 0. The minimum absolute atomic E-state index is 0.0626. The van der Waals surface area contributed by atoms with E-state index in [-0.39, 0.29) is 35.2 Å². The summed E-state index contributed by atoms with van der Waals surface area (Å²) >= 11 is 0. The minimum Gasteiger partial charge on any atom is -0.466 e. The second kappa shape index (κ2) is 11.5. The van der Waals surface area contributed by atoms with Gasteiger partial charge in [-0.25, -0.2) is 4.39 Å². The number of benzene rings is 1. The van der Waals surface area contributed by atoms with Crippen molar-refractivity contribution in [1.29, 1.82) is 0 Å². The third-order valence-corrected chi connectivity index (χ3v) is 6.75. The third kappa shape index (κ3) is 6.15. The SMILES string of the molecule is CCOC(=O)C1CCN(C(=O)[C@@H](C)NC(=O)c2cc3n(n2)CCCN(Cc2ccc(F)cc2)C3=O)CC1. The number of carbonyl (C=O) groups is 4. The average molecular weight is 514 g/mol. The number of rotatable bonds is 7. The molecule has 0 bridgehead atoms. The summed E-state index contributed by atoms with van der Waals surface area (Å²) in [5, 5.41) is 7.00. The van der Waals surface area contributed by atoms with Crippen LogP contribution in [0.3, 0.4) is 0 Å². The number of hydrogen-bond acceptors (Lipinski definition) is 6. The molecule has 4 rings (SSSR count). The van der Waals surface area contributed by atoms with Crippen molar-refractivity contribution in [3.8, 4) is 0 Å². The van der Waals surface area contributed by atoms with E-state index in [1.807, 2.05) is 0 Å². The molecule has 2 aliphatic heterocycles. The highest BCUT2D eigenvalue weighted by molar-refractivity contribution is 5.99. The van der Waals surface area contributed by atoms with E-state index in [2.05, 4.69) is 10.4 Å². The summed E-state index contributed by atoms with van der Waals surface area (Å²) in [6.45, 7) is 5.84. The summed E-state index contributed by atoms with van der Waals surface area (Å²) in [5.74, 6) is -1.83. The predicted molar refractivity (Wildman–Crippen MR) is 131 cm³/mol. The molecule has 11 heteroatoms. The Hall–Kier alpha value is -3.76. The van der Waals surface area contributed by atoms with E-state index in [1.54, 1.807) is 35.8 Å². The summed E-state index contributed by atoms with van der Waals surface area (Å²) in [4.78, 5) is 54.2. The van der Waals surface area contributed by atoms with Gasteiger partial charge in [-0.15, -0.1) is 0 Å². The van der Waals surface area contributed by atoms with Crippen molar-refractivity contribution in [3.63, 3.8) is 0 Å². The molecule has 37 heavy (non-hydrogen) atoms. The summed E-state index contributed by atoms with van der Waals surface area (Å²) in [6.07, 6.45) is 1.70. The molecule has 3 amide bonds. The molecule has 0 unspecified atom stereocenters. The lowest BCUT2D eigenvalue weighted by Gasteiger charge is -2.32. The van der Waals surface area contributed by atoms with Gasteiger partial charge in [-0.1, -0.05) is 12.1 Å². The highest BCUT2D eigenvalue weighted by Crippen LogP contribution is 2.20. The van der Waals surface area contributed by atoms with Gasteiger partial charge in [-0.3, -0.25) is 23.9 Å². The molecule has 1 N–H and O–H groups in total. The summed E-state index contributed by atoms with van der Waals surface area (Å²) < 4.78 is 19.8. The number of fused-ring (bicyclic) bond motifs is 1. The van der Waals surface area contributed by atoms with Crippen LogP contribution in [0, 0.1) is 11.7 Å². The van der Waals surface area contributed by atoms with Gasteiger partial charge in [0.05, 0.1) is 12.5 Å². The lowest BCUT2D eigenvalue weighted by Crippen LogP contribution is -2.50. The van der Waals surface area contributed by atoms with Gasteiger partial charge in [-0.2, -0.15) is 5.10 Å². The van der Waals surface area contributed by atoms with E-state index in [0.717, 1.165) is 5.56 Å². The molecule has 1 fully saturated rings. The van der Waals surface area contributed by atoms with Gasteiger partial charge >= 0.3 is 5.97 Å². The largest absolute Gasteiger partial charge is 0.466 e. The maximum atomic E-state index is 13.2. The number of nitrogens with zero attached hydrogens (tertiary/aromatic N) is 4. The third-order valence-electron chi connectivity index (χ3n) is 6.75. The fourth-order valence-electron chi connectivity index (χ4n) is 4.71. The minimum atomic E-state index is -0.793. The first-order valence-corrected chi connectivity index (χ1v) is 12.6. The van der Waals surface area contributed by atoms with Crippen molar-refractivity contribution in [1.82, 2.24) is 24.9 Å². The highest BCUT2D eigenvalue weighted by Gasteiger charge is 2.32. The number of esters is 1. The van der Waals surface area contributed by atoms with Crippen molar-refractivity contribution in [2.24, 2.45) is 5.92 Å². The second-order valence-corrected chi connectivity index (χ2v) is 9.39. The first-order valence-electron chi connectivity index (χ1n) is 12.6. The van der Waals surface area contributed by atoms with Gasteiger partial charge in [0.25, 0.3) is 11.8 Å². The standard InChI is InChI=1S/C26H32FN5O5/c1-3-37-26(36)19-9-13-30(14-10-19)24(34)17(2)28-23(33)21-15-22-25(35)31(11-4-12-32(22)29-21)16-18-5-7-20(27)8-6-18/h5-8,15,17,19H,3-4,9-14,16H2,1-2H3,(H,28,33)/t17-/m1/s1. The van der Waals surface area contributed by atoms with Crippen LogP contribution in [0.15, 0.2) is 30.3 Å². The lowest BCUT2D eigenvalue weighted by molar-refractivity contribution is -0.151. The molecular formula is C26H32FN5O5. The highest BCUT2D eigenvalue weighted by atomic mass is 19.1. The lowest BCUT2D eigenvalue weighted by atomic mass is 9.96. The predicted octanol–water partition coefficient (Wildman–Crippen LogP) is 1.99. The molecule has 0 saturated carbocycles. The number of nitrogens with one attached hydrogen (secondary N) is 1. The Kier molecular flexibility index (Phi) is 8.20. The van der Waals surface area contributed by atoms with Crippen LogP contribution in [0.4, 0.5) is 4.39 Å². The Morgan fingerprint density at radius 1 is 1.14 bits per heavy atom. The zero-order chi connectivity index (χ0) is 26.5. The molecule has 3 heterocycles. The van der Waals surface area contributed by atoms with E-state index in [1.165, 1.54) is 22.9 Å². The van der Waals surface area contributed by atoms with Crippen molar-refractivity contribution >= 4 is 23.7 Å². The molecule has 0 radical (unpaired) electrons. The number of carbonyl (C=O) groups excluding carboxylic acids is 4. The van der Waals surface area contributed by atoms with Gasteiger partial charge in [0.1, 0.15) is 17.6 Å². The molecule has 198 valence electrons. The normalized spacial score (nSPS) is 17.1. The van der Waals surface area contributed by atoms with Crippen LogP contribution in [0.5, 0.6) is 0 Å². The van der Waals surface area contributed by atoms with Gasteiger partial charge in [-0.05, 0) is 50.8 Å². The Morgan fingerprint density at radius 2 is 1.84 bits per heavy atom. The van der Waals surface area contributed by atoms with Crippen molar-refractivity contribution in [2.45, 2.75) is 52.2 Å². The quantitative estimate of drug-likeness (QED) is 0.567. The molecule has 1 aromatic carbocycles. The first kappa shape index (κ1) is 26.3. The number of aryl methyl sites for hydroxylation is 1. The van der Waals surface area contributed by atoms with Crippen LogP contribution >= 0.6 is 0 Å². The molecule has 0 aliphatic carbocycles. The van der Waals surface area contributed by atoms with Crippen LogP contribution in [0.25, 0.3) is 0 Å². The number of piperidine rings is 1. The molecule has 10 nitrogen and oxygen atoms in total. The van der Waals surface area contributed by atoms with Gasteiger partial charge in [0, 0.05) is 38.8 Å². The van der Waals surface area contributed by atoms with E-state index in [4.69, 9.17) is 4.74 Å². The van der Waals surface area contributed by atoms with Gasteiger partial charge < -0.3 is 19.9 Å². The van der Waals surface area contributed by atoms with E-state index in [9.17, 15) is 23.6 Å². The maximum absolute atomic E-state index is 13.2. The average Bonchev–Trinajstić information content (AvgIpc) is 3.27. The number of likely N-dealkylation sites (tertiary alicyclic amines) is 1. The molecule has 1 atom stereocenters. The topological polar surface area (TPSA) is 114 Å². The molecule has 0 spiro atoms. The molecule has 2 aliphatic rings. The van der Waals surface area contributed by atoms with E-state index in [0.29, 0.717) is 64.3 Å². The first-order chi connectivity index (χ1) is 17.8. The van der Waals surface area contributed by atoms with Crippen molar-refractivity contribution in [2.75, 3.05) is 26.2 Å². The zero-order valence-electron chi connectivity index (χ0n) is 21.1. The van der Waals surface area contributed by atoms with Crippen molar-refractivity contribution in [3.05, 3.63) is 53.1 Å². The zero-order valence-corrected chi connectivity index (χ0v) is 21.1. The van der Waals surface area contributed by atoms with Crippen LogP contribution < -0.4 is 5.32 Å².